The maximum atomic E-state index is 11.8. The van der Waals surface area contributed by atoms with Gasteiger partial charge < -0.3 is 10.1 Å². The van der Waals surface area contributed by atoms with Crippen LogP contribution in [0.4, 0.5) is 0 Å². The van der Waals surface area contributed by atoms with E-state index < -0.39 is 0 Å². The fraction of sp³-hybridized carbons (Fsp3) is 0.923. The van der Waals surface area contributed by atoms with Crippen molar-refractivity contribution in [2.75, 3.05) is 6.54 Å². The van der Waals surface area contributed by atoms with E-state index in [4.69, 9.17) is 4.74 Å². The first-order valence-electron chi connectivity index (χ1n) is 6.35. The number of carbonyl (C=O) groups excluding carboxylic acids is 1. The summed E-state index contributed by atoms with van der Waals surface area (Å²) in [6.07, 6.45) is 4.62. The Bertz CT molecular complexity index is 227. The average Bonchev–Trinajstić information content (AvgIpc) is 2.16. The Labute approximate surface area is 98.9 Å². The molecule has 0 aromatic carbocycles. The highest BCUT2D eigenvalue weighted by Gasteiger charge is 2.24. The summed E-state index contributed by atoms with van der Waals surface area (Å²) in [7, 11) is 0. The molecule has 94 valence electrons. The molecule has 2 unspecified atom stereocenters. The lowest BCUT2D eigenvalue weighted by Gasteiger charge is -2.27. The van der Waals surface area contributed by atoms with E-state index in [9.17, 15) is 4.79 Å². The quantitative estimate of drug-likeness (QED) is 0.753. The van der Waals surface area contributed by atoms with Crippen molar-refractivity contribution < 1.29 is 9.53 Å². The molecule has 0 radical (unpaired) electrons. The molecule has 0 amide bonds. The first kappa shape index (κ1) is 13.5. The van der Waals surface area contributed by atoms with Crippen molar-refractivity contribution in [1.82, 2.24) is 5.32 Å². The Morgan fingerprint density at radius 3 is 2.62 bits per heavy atom. The summed E-state index contributed by atoms with van der Waals surface area (Å²) in [5.41, 5.74) is -0.370. The van der Waals surface area contributed by atoms with Crippen LogP contribution in [0.2, 0.25) is 0 Å². The fourth-order valence-electron chi connectivity index (χ4n) is 2.05. The second-order valence-corrected chi connectivity index (χ2v) is 5.82. The lowest BCUT2D eigenvalue weighted by Crippen LogP contribution is -2.37. The van der Waals surface area contributed by atoms with E-state index >= 15 is 0 Å². The van der Waals surface area contributed by atoms with E-state index in [2.05, 4.69) is 5.32 Å². The maximum Gasteiger partial charge on any atom is 0.309 e. The molecule has 2 atom stereocenters. The third-order valence-corrected chi connectivity index (χ3v) is 2.86. The van der Waals surface area contributed by atoms with Crippen molar-refractivity contribution in [1.29, 1.82) is 0 Å². The molecule has 0 bridgehead atoms. The first-order chi connectivity index (χ1) is 7.38. The summed E-state index contributed by atoms with van der Waals surface area (Å²) >= 11 is 0. The Morgan fingerprint density at radius 2 is 2.12 bits per heavy atom. The number of hydrogen-bond donors (Lipinski definition) is 1. The van der Waals surface area contributed by atoms with Gasteiger partial charge in [-0.15, -0.1) is 0 Å². The minimum Gasteiger partial charge on any atom is -0.460 e. The van der Waals surface area contributed by atoms with Gasteiger partial charge in [-0.1, -0.05) is 13.3 Å². The van der Waals surface area contributed by atoms with Crippen LogP contribution in [0.15, 0.2) is 0 Å². The number of nitrogens with one attached hydrogen (secondary N) is 1. The number of piperidine rings is 1. The largest absolute Gasteiger partial charge is 0.460 e. The van der Waals surface area contributed by atoms with Gasteiger partial charge >= 0.3 is 5.97 Å². The molecule has 1 rings (SSSR count). The summed E-state index contributed by atoms with van der Waals surface area (Å²) < 4.78 is 5.37. The van der Waals surface area contributed by atoms with Gasteiger partial charge in [-0.25, -0.2) is 0 Å². The molecule has 1 heterocycles. The zero-order valence-corrected chi connectivity index (χ0v) is 11.0. The fourth-order valence-corrected chi connectivity index (χ4v) is 2.05. The molecule has 0 aliphatic carbocycles. The summed E-state index contributed by atoms with van der Waals surface area (Å²) in [6, 6.07) is 0.497. The molecule has 1 aliphatic rings. The van der Waals surface area contributed by atoms with Crippen LogP contribution < -0.4 is 5.32 Å². The van der Waals surface area contributed by atoms with Crippen molar-refractivity contribution in [2.24, 2.45) is 5.92 Å². The standard InChI is InChI=1S/C13H25NO2/c1-10(12(15)16-13(2,3)4)9-11-7-5-6-8-14-11/h10-11,14H,5-9H2,1-4H3. The van der Waals surface area contributed by atoms with Gasteiger partial charge in [-0.3, -0.25) is 4.79 Å². The van der Waals surface area contributed by atoms with E-state index in [1.54, 1.807) is 0 Å². The SMILES string of the molecule is CC(CC1CCCCN1)C(=O)OC(C)(C)C. The molecule has 3 heteroatoms. The Balaban J connectivity index is 2.33. The summed E-state index contributed by atoms with van der Waals surface area (Å²) in [6.45, 7) is 8.79. The average molecular weight is 227 g/mol. The zero-order chi connectivity index (χ0) is 12.2. The van der Waals surface area contributed by atoms with Crippen LogP contribution in [-0.4, -0.2) is 24.2 Å². The van der Waals surface area contributed by atoms with Crippen LogP contribution in [0.1, 0.15) is 53.4 Å². The minimum atomic E-state index is -0.370. The number of esters is 1. The van der Waals surface area contributed by atoms with E-state index in [-0.39, 0.29) is 17.5 Å². The topological polar surface area (TPSA) is 38.3 Å². The number of rotatable bonds is 3. The Kier molecular flexibility index (Phi) is 4.78. The van der Waals surface area contributed by atoms with E-state index in [0.717, 1.165) is 13.0 Å². The molecule has 0 aromatic heterocycles. The van der Waals surface area contributed by atoms with Crippen LogP contribution in [0.5, 0.6) is 0 Å². The van der Waals surface area contributed by atoms with Crippen molar-refractivity contribution in [2.45, 2.75) is 65.0 Å². The monoisotopic (exact) mass is 227 g/mol. The van der Waals surface area contributed by atoms with Gasteiger partial charge in [0.05, 0.1) is 5.92 Å². The number of hydrogen-bond acceptors (Lipinski definition) is 3. The van der Waals surface area contributed by atoms with Crippen LogP contribution in [-0.2, 0) is 9.53 Å². The third kappa shape index (κ3) is 4.97. The highest BCUT2D eigenvalue weighted by atomic mass is 16.6. The zero-order valence-electron chi connectivity index (χ0n) is 11.0. The first-order valence-corrected chi connectivity index (χ1v) is 6.35. The smallest absolute Gasteiger partial charge is 0.309 e. The number of carbonyl (C=O) groups is 1. The van der Waals surface area contributed by atoms with E-state index in [1.165, 1.54) is 19.3 Å². The third-order valence-electron chi connectivity index (χ3n) is 2.86. The maximum absolute atomic E-state index is 11.8. The van der Waals surface area contributed by atoms with Gasteiger partial charge in [0.25, 0.3) is 0 Å². The Hall–Kier alpha value is -0.570. The molecule has 3 nitrogen and oxygen atoms in total. The predicted octanol–water partition coefficient (Wildman–Crippen LogP) is 2.50. The highest BCUT2D eigenvalue weighted by molar-refractivity contribution is 5.72. The highest BCUT2D eigenvalue weighted by Crippen LogP contribution is 2.18. The van der Waals surface area contributed by atoms with Crippen LogP contribution >= 0.6 is 0 Å². The van der Waals surface area contributed by atoms with Gasteiger partial charge in [0.15, 0.2) is 0 Å². The summed E-state index contributed by atoms with van der Waals surface area (Å²) in [4.78, 5) is 11.8. The van der Waals surface area contributed by atoms with Crippen molar-refractivity contribution in [3.63, 3.8) is 0 Å². The molecule has 1 saturated heterocycles. The molecule has 1 aliphatic heterocycles. The molecular weight excluding hydrogens is 202 g/mol. The van der Waals surface area contributed by atoms with Crippen LogP contribution in [0.25, 0.3) is 0 Å². The molecule has 0 spiro atoms. The summed E-state index contributed by atoms with van der Waals surface area (Å²) in [5, 5.41) is 3.46. The molecule has 16 heavy (non-hydrogen) atoms. The molecular formula is C13H25NO2. The second-order valence-electron chi connectivity index (χ2n) is 5.82. The van der Waals surface area contributed by atoms with Gasteiger partial charge in [0.1, 0.15) is 5.60 Å². The predicted molar refractivity (Wildman–Crippen MR) is 65.3 cm³/mol. The van der Waals surface area contributed by atoms with Gasteiger partial charge in [-0.2, -0.15) is 0 Å². The minimum absolute atomic E-state index is 0.00479. The van der Waals surface area contributed by atoms with Crippen LogP contribution in [0.3, 0.4) is 0 Å². The van der Waals surface area contributed by atoms with Gasteiger partial charge in [0, 0.05) is 6.04 Å². The van der Waals surface area contributed by atoms with Crippen molar-refractivity contribution >= 4 is 5.97 Å². The van der Waals surface area contributed by atoms with Crippen molar-refractivity contribution in [3.05, 3.63) is 0 Å². The lowest BCUT2D eigenvalue weighted by atomic mass is 9.95. The van der Waals surface area contributed by atoms with Crippen molar-refractivity contribution in [3.8, 4) is 0 Å². The van der Waals surface area contributed by atoms with Gasteiger partial charge in [0.2, 0.25) is 0 Å². The Morgan fingerprint density at radius 1 is 1.44 bits per heavy atom. The molecule has 1 N–H and O–H groups in total. The number of ether oxygens (including phenoxy) is 1. The summed E-state index contributed by atoms with van der Waals surface area (Å²) in [5.74, 6) is -0.0744. The normalized spacial score (nSPS) is 23.9. The van der Waals surface area contributed by atoms with E-state index in [1.807, 2.05) is 27.7 Å². The van der Waals surface area contributed by atoms with Crippen LogP contribution in [0, 0.1) is 5.92 Å². The second kappa shape index (κ2) is 5.67. The molecule has 0 saturated carbocycles. The van der Waals surface area contributed by atoms with Gasteiger partial charge in [-0.05, 0) is 46.6 Å². The van der Waals surface area contributed by atoms with E-state index in [0.29, 0.717) is 6.04 Å². The lowest BCUT2D eigenvalue weighted by molar-refractivity contribution is -0.159. The molecule has 1 fully saturated rings. The molecule has 0 aromatic rings.